The molecule has 8 heteroatoms. The van der Waals surface area contributed by atoms with E-state index in [1.54, 1.807) is 36.4 Å². The van der Waals surface area contributed by atoms with E-state index in [4.69, 9.17) is 11.6 Å². The largest absolute Gasteiger partial charge is 0.343 e. The molecule has 0 N–H and O–H groups in total. The fourth-order valence-electron chi connectivity index (χ4n) is 3.13. The standard InChI is InChI=1S/C20H18ClFN4OS/c21-16-3-1-2-15(13-16)19(27)25-8-10-26(11-9-25)20-24-23-18(28-20)12-14-4-6-17(22)7-5-14/h1-7,13H,8-12H2. The van der Waals surface area contributed by atoms with Gasteiger partial charge >= 0.3 is 0 Å². The van der Waals surface area contributed by atoms with Crippen molar-refractivity contribution in [3.05, 3.63) is 75.5 Å². The predicted octanol–water partition coefficient (Wildman–Crippen LogP) is 3.88. The maximum absolute atomic E-state index is 13.0. The maximum atomic E-state index is 13.0. The fourth-order valence-corrected chi connectivity index (χ4v) is 4.24. The maximum Gasteiger partial charge on any atom is 0.254 e. The predicted molar refractivity (Wildman–Crippen MR) is 109 cm³/mol. The first-order chi connectivity index (χ1) is 13.6. The third-order valence-corrected chi connectivity index (χ3v) is 5.85. The number of halogens is 2. The number of piperazine rings is 1. The Morgan fingerprint density at radius 1 is 1.07 bits per heavy atom. The Morgan fingerprint density at radius 2 is 1.82 bits per heavy atom. The highest BCUT2D eigenvalue weighted by Gasteiger charge is 2.24. The van der Waals surface area contributed by atoms with Gasteiger partial charge in [0.05, 0.1) is 0 Å². The molecule has 0 unspecified atom stereocenters. The molecular weight excluding hydrogens is 399 g/mol. The Morgan fingerprint density at radius 3 is 2.54 bits per heavy atom. The summed E-state index contributed by atoms with van der Waals surface area (Å²) in [5, 5.41) is 10.9. The van der Waals surface area contributed by atoms with Gasteiger partial charge in [-0.1, -0.05) is 41.1 Å². The van der Waals surface area contributed by atoms with Gasteiger partial charge in [-0.2, -0.15) is 0 Å². The molecule has 0 aliphatic carbocycles. The summed E-state index contributed by atoms with van der Waals surface area (Å²) >= 11 is 7.52. The molecule has 1 fully saturated rings. The zero-order chi connectivity index (χ0) is 19.5. The van der Waals surface area contributed by atoms with E-state index in [9.17, 15) is 9.18 Å². The van der Waals surface area contributed by atoms with Gasteiger partial charge < -0.3 is 9.80 Å². The summed E-state index contributed by atoms with van der Waals surface area (Å²) in [6.07, 6.45) is 0.630. The van der Waals surface area contributed by atoms with Crippen molar-refractivity contribution >= 4 is 34.0 Å². The van der Waals surface area contributed by atoms with Crippen molar-refractivity contribution in [2.24, 2.45) is 0 Å². The minimum absolute atomic E-state index is 0.00332. The highest BCUT2D eigenvalue weighted by atomic mass is 35.5. The van der Waals surface area contributed by atoms with Gasteiger partial charge in [-0.15, -0.1) is 10.2 Å². The number of amides is 1. The lowest BCUT2D eigenvalue weighted by molar-refractivity contribution is 0.0746. The monoisotopic (exact) mass is 416 g/mol. The molecule has 144 valence electrons. The zero-order valence-corrected chi connectivity index (χ0v) is 16.6. The number of anilines is 1. The van der Waals surface area contributed by atoms with Gasteiger partial charge in [-0.3, -0.25) is 4.79 Å². The number of carbonyl (C=O) groups is 1. The third kappa shape index (κ3) is 4.31. The van der Waals surface area contributed by atoms with Crippen LogP contribution in [0, 0.1) is 5.82 Å². The Kier molecular flexibility index (Phi) is 5.54. The number of carbonyl (C=O) groups excluding carboxylic acids is 1. The molecule has 0 bridgehead atoms. The zero-order valence-electron chi connectivity index (χ0n) is 15.0. The lowest BCUT2D eigenvalue weighted by Gasteiger charge is -2.34. The molecular formula is C20H18ClFN4OS. The molecule has 5 nitrogen and oxygen atoms in total. The molecule has 1 aliphatic heterocycles. The molecule has 0 atom stereocenters. The van der Waals surface area contributed by atoms with Crippen molar-refractivity contribution in [2.75, 3.05) is 31.1 Å². The number of aromatic nitrogens is 2. The molecule has 0 radical (unpaired) electrons. The van der Waals surface area contributed by atoms with Gasteiger partial charge in [0.25, 0.3) is 5.91 Å². The average molecular weight is 417 g/mol. The van der Waals surface area contributed by atoms with Crippen LogP contribution in [-0.4, -0.2) is 47.2 Å². The quantitative estimate of drug-likeness (QED) is 0.647. The van der Waals surface area contributed by atoms with Crippen LogP contribution in [0.3, 0.4) is 0 Å². The first kappa shape index (κ1) is 18.8. The van der Waals surface area contributed by atoms with E-state index in [1.165, 1.54) is 23.5 Å². The van der Waals surface area contributed by atoms with Crippen molar-refractivity contribution in [3.8, 4) is 0 Å². The van der Waals surface area contributed by atoms with E-state index in [2.05, 4.69) is 15.1 Å². The van der Waals surface area contributed by atoms with Crippen molar-refractivity contribution in [2.45, 2.75) is 6.42 Å². The van der Waals surface area contributed by atoms with Gasteiger partial charge in [0.15, 0.2) is 0 Å². The van der Waals surface area contributed by atoms with Crippen molar-refractivity contribution in [3.63, 3.8) is 0 Å². The van der Waals surface area contributed by atoms with Gasteiger partial charge in [0, 0.05) is 43.2 Å². The summed E-state index contributed by atoms with van der Waals surface area (Å²) in [5.74, 6) is -0.247. The number of nitrogens with zero attached hydrogens (tertiary/aromatic N) is 4. The van der Waals surface area contributed by atoms with Crippen molar-refractivity contribution < 1.29 is 9.18 Å². The second-order valence-corrected chi connectivity index (χ2v) is 8.05. The van der Waals surface area contributed by atoms with Crippen molar-refractivity contribution in [1.29, 1.82) is 0 Å². The second-order valence-electron chi connectivity index (χ2n) is 6.57. The lowest BCUT2D eigenvalue weighted by atomic mass is 10.2. The van der Waals surface area contributed by atoms with Crippen LogP contribution in [0.4, 0.5) is 9.52 Å². The highest BCUT2D eigenvalue weighted by Crippen LogP contribution is 2.24. The SMILES string of the molecule is O=C(c1cccc(Cl)c1)N1CCN(c2nnc(Cc3ccc(F)cc3)s2)CC1. The van der Waals surface area contributed by atoms with E-state index in [0.717, 1.165) is 15.7 Å². The lowest BCUT2D eigenvalue weighted by Crippen LogP contribution is -2.48. The molecule has 3 aromatic rings. The number of benzene rings is 2. The second kappa shape index (κ2) is 8.24. The molecule has 0 saturated carbocycles. The van der Waals surface area contributed by atoms with Crippen LogP contribution in [0.2, 0.25) is 5.02 Å². The van der Waals surface area contributed by atoms with E-state index < -0.39 is 0 Å². The number of hydrogen-bond donors (Lipinski definition) is 0. The molecule has 1 aliphatic rings. The minimum Gasteiger partial charge on any atom is -0.343 e. The van der Waals surface area contributed by atoms with Gasteiger partial charge in [-0.25, -0.2) is 4.39 Å². The van der Waals surface area contributed by atoms with Crippen LogP contribution in [-0.2, 0) is 6.42 Å². The topological polar surface area (TPSA) is 49.3 Å². The summed E-state index contributed by atoms with van der Waals surface area (Å²) in [5.41, 5.74) is 1.61. The highest BCUT2D eigenvalue weighted by molar-refractivity contribution is 7.15. The van der Waals surface area contributed by atoms with E-state index in [1.807, 2.05) is 4.90 Å². The van der Waals surface area contributed by atoms with E-state index in [-0.39, 0.29) is 11.7 Å². The normalized spacial score (nSPS) is 14.4. The molecule has 1 aromatic heterocycles. The van der Waals surface area contributed by atoms with E-state index >= 15 is 0 Å². The summed E-state index contributed by atoms with van der Waals surface area (Å²) in [7, 11) is 0. The molecule has 28 heavy (non-hydrogen) atoms. The van der Waals surface area contributed by atoms with Crippen LogP contribution in [0.15, 0.2) is 48.5 Å². The third-order valence-electron chi connectivity index (χ3n) is 4.63. The van der Waals surface area contributed by atoms with Crippen LogP contribution in [0.5, 0.6) is 0 Å². The first-order valence-corrected chi connectivity index (χ1v) is 10.1. The summed E-state index contributed by atoms with van der Waals surface area (Å²) in [6.45, 7) is 2.66. The van der Waals surface area contributed by atoms with Crippen LogP contribution >= 0.6 is 22.9 Å². The van der Waals surface area contributed by atoms with Crippen LogP contribution < -0.4 is 4.90 Å². The Hall–Kier alpha value is -2.51. The minimum atomic E-state index is -0.244. The van der Waals surface area contributed by atoms with E-state index in [0.29, 0.717) is 43.2 Å². The molecule has 1 amide bonds. The Bertz CT molecular complexity index is 970. The Balaban J connectivity index is 1.35. The number of rotatable bonds is 4. The van der Waals surface area contributed by atoms with Gasteiger partial charge in [0.1, 0.15) is 10.8 Å². The smallest absolute Gasteiger partial charge is 0.254 e. The summed E-state index contributed by atoms with van der Waals surface area (Å²) < 4.78 is 13.0. The number of hydrogen-bond acceptors (Lipinski definition) is 5. The first-order valence-electron chi connectivity index (χ1n) is 8.95. The molecule has 2 aromatic carbocycles. The molecule has 1 saturated heterocycles. The molecule has 0 spiro atoms. The van der Waals surface area contributed by atoms with Crippen molar-refractivity contribution in [1.82, 2.24) is 15.1 Å². The Labute approximate surface area is 171 Å². The van der Waals surface area contributed by atoms with Crippen LogP contribution in [0.1, 0.15) is 20.9 Å². The van der Waals surface area contributed by atoms with Crippen LogP contribution in [0.25, 0.3) is 0 Å². The average Bonchev–Trinajstić information content (AvgIpc) is 3.18. The van der Waals surface area contributed by atoms with Gasteiger partial charge in [-0.05, 0) is 35.9 Å². The summed E-state index contributed by atoms with van der Waals surface area (Å²) in [6, 6.07) is 13.5. The molecule has 4 rings (SSSR count). The van der Waals surface area contributed by atoms with Gasteiger partial charge in [0.2, 0.25) is 5.13 Å². The fraction of sp³-hybridized carbons (Fsp3) is 0.250. The summed E-state index contributed by atoms with van der Waals surface area (Å²) in [4.78, 5) is 16.6. The molecule has 2 heterocycles.